The van der Waals surface area contributed by atoms with Crippen LogP contribution in [-0.4, -0.2) is 19.7 Å². The van der Waals surface area contributed by atoms with Gasteiger partial charge in [0.1, 0.15) is 16.5 Å². The van der Waals surface area contributed by atoms with E-state index in [0.29, 0.717) is 5.15 Å². The SMILES string of the molecule is Cn1ccc(-c2cnc(Cl)cn2)n1. The molecular weight excluding hydrogens is 188 g/mol. The third kappa shape index (κ3) is 1.67. The van der Waals surface area contributed by atoms with Crippen LogP contribution in [0.1, 0.15) is 0 Å². The lowest BCUT2D eigenvalue weighted by Gasteiger charge is -1.93. The minimum absolute atomic E-state index is 0.389. The Bertz CT molecular complexity index is 406. The molecule has 2 aromatic heterocycles. The fraction of sp³-hybridized carbons (Fsp3) is 0.125. The van der Waals surface area contributed by atoms with Crippen molar-refractivity contribution in [2.75, 3.05) is 0 Å². The van der Waals surface area contributed by atoms with Gasteiger partial charge in [-0.1, -0.05) is 11.6 Å². The molecule has 2 heterocycles. The zero-order valence-electron chi connectivity index (χ0n) is 6.98. The van der Waals surface area contributed by atoms with E-state index in [4.69, 9.17) is 11.6 Å². The molecule has 0 saturated carbocycles. The van der Waals surface area contributed by atoms with Gasteiger partial charge in [0.05, 0.1) is 12.4 Å². The molecule has 0 aromatic carbocycles. The van der Waals surface area contributed by atoms with Crippen LogP contribution < -0.4 is 0 Å². The molecule has 0 aliphatic heterocycles. The van der Waals surface area contributed by atoms with E-state index in [1.54, 1.807) is 10.9 Å². The lowest BCUT2D eigenvalue weighted by molar-refractivity contribution is 0.769. The normalized spacial score (nSPS) is 10.3. The Kier molecular flexibility index (Phi) is 1.98. The fourth-order valence-corrected chi connectivity index (χ4v) is 1.09. The van der Waals surface area contributed by atoms with Gasteiger partial charge in [-0.05, 0) is 6.07 Å². The highest BCUT2D eigenvalue weighted by Gasteiger charge is 2.02. The smallest absolute Gasteiger partial charge is 0.147 e. The summed E-state index contributed by atoms with van der Waals surface area (Å²) in [7, 11) is 1.85. The third-order valence-corrected chi connectivity index (χ3v) is 1.79. The Hall–Kier alpha value is -1.42. The van der Waals surface area contributed by atoms with E-state index in [1.807, 2.05) is 19.3 Å². The first-order chi connectivity index (χ1) is 6.25. The number of hydrogen-bond acceptors (Lipinski definition) is 3. The molecule has 5 heteroatoms. The second kappa shape index (κ2) is 3.14. The molecule has 2 aromatic rings. The van der Waals surface area contributed by atoms with Gasteiger partial charge in [0.15, 0.2) is 0 Å². The molecule has 0 unspecified atom stereocenters. The summed E-state index contributed by atoms with van der Waals surface area (Å²) in [5.41, 5.74) is 1.52. The standard InChI is InChI=1S/C8H7ClN4/c1-13-3-2-6(12-13)7-4-11-8(9)5-10-7/h2-5H,1H3. The number of rotatable bonds is 1. The molecule has 0 aliphatic carbocycles. The summed E-state index contributed by atoms with van der Waals surface area (Å²) < 4.78 is 1.71. The summed E-state index contributed by atoms with van der Waals surface area (Å²) in [5, 5.41) is 4.57. The molecule has 2 rings (SSSR count). The molecule has 0 N–H and O–H groups in total. The zero-order chi connectivity index (χ0) is 9.26. The van der Waals surface area contributed by atoms with Gasteiger partial charge >= 0.3 is 0 Å². The van der Waals surface area contributed by atoms with Crippen LogP contribution in [0, 0.1) is 0 Å². The largest absolute Gasteiger partial charge is 0.275 e. The Morgan fingerprint density at radius 1 is 1.23 bits per heavy atom. The lowest BCUT2D eigenvalue weighted by atomic mass is 10.3. The number of halogens is 1. The maximum atomic E-state index is 5.61. The maximum absolute atomic E-state index is 5.61. The molecule has 0 amide bonds. The van der Waals surface area contributed by atoms with Gasteiger partial charge in [-0.15, -0.1) is 0 Å². The van der Waals surface area contributed by atoms with Gasteiger partial charge in [0.2, 0.25) is 0 Å². The maximum Gasteiger partial charge on any atom is 0.147 e. The van der Waals surface area contributed by atoms with Gasteiger partial charge < -0.3 is 0 Å². The molecule has 0 saturated heterocycles. The molecule has 0 radical (unpaired) electrons. The summed E-state index contributed by atoms with van der Waals surface area (Å²) in [6, 6.07) is 1.87. The quantitative estimate of drug-likeness (QED) is 0.692. The van der Waals surface area contributed by atoms with Crippen LogP contribution in [0.5, 0.6) is 0 Å². The second-order valence-electron chi connectivity index (χ2n) is 2.60. The molecule has 0 aliphatic rings. The van der Waals surface area contributed by atoms with Crippen LogP contribution in [0.3, 0.4) is 0 Å². The van der Waals surface area contributed by atoms with Crippen molar-refractivity contribution in [3.8, 4) is 11.4 Å². The average Bonchev–Trinajstić information content (AvgIpc) is 2.53. The van der Waals surface area contributed by atoms with Crippen molar-refractivity contribution >= 4 is 11.6 Å². The minimum Gasteiger partial charge on any atom is -0.275 e. The van der Waals surface area contributed by atoms with Gasteiger partial charge in [-0.25, -0.2) is 9.97 Å². The summed E-state index contributed by atoms with van der Waals surface area (Å²) in [6.45, 7) is 0. The van der Waals surface area contributed by atoms with Crippen molar-refractivity contribution in [3.05, 3.63) is 29.8 Å². The van der Waals surface area contributed by atoms with Gasteiger partial charge in [0, 0.05) is 13.2 Å². The first-order valence-corrected chi connectivity index (χ1v) is 4.11. The van der Waals surface area contributed by atoms with Crippen molar-refractivity contribution in [2.45, 2.75) is 0 Å². The van der Waals surface area contributed by atoms with Crippen molar-refractivity contribution in [1.29, 1.82) is 0 Å². The summed E-state index contributed by atoms with van der Waals surface area (Å²) in [6.07, 6.45) is 4.96. The van der Waals surface area contributed by atoms with Crippen LogP contribution >= 0.6 is 11.6 Å². The van der Waals surface area contributed by atoms with Crippen LogP contribution in [0.2, 0.25) is 5.15 Å². The molecule has 4 nitrogen and oxygen atoms in total. The minimum atomic E-state index is 0.389. The predicted molar refractivity (Wildman–Crippen MR) is 49.2 cm³/mol. The Morgan fingerprint density at radius 2 is 2.08 bits per heavy atom. The van der Waals surface area contributed by atoms with Crippen molar-refractivity contribution < 1.29 is 0 Å². The third-order valence-electron chi connectivity index (χ3n) is 1.60. The van der Waals surface area contributed by atoms with Gasteiger partial charge in [0.25, 0.3) is 0 Å². The van der Waals surface area contributed by atoms with E-state index in [1.165, 1.54) is 6.20 Å². The van der Waals surface area contributed by atoms with Crippen LogP contribution in [0.25, 0.3) is 11.4 Å². The van der Waals surface area contributed by atoms with E-state index in [2.05, 4.69) is 15.1 Å². The number of nitrogens with zero attached hydrogens (tertiary/aromatic N) is 4. The molecule has 0 fully saturated rings. The summed E-state index contributed by atoms with van der Waals surface area (Å²) in [4.78, 5) is 8.01. The zero-order valence-corrected chi connectivity index (χ0v) is 7.73. The Balaban J connectivity index is 2.41. The number of hydrogen-bond donors (Lipinski definition) is 0. The van der Waals surface area contributed by atoms with Crippen molar-refractivity contribution in [2.24, 2.45) is 7.05 Å². The van der Waals surface area contributed by atoms with Crippen LogP contribution in [-0.2, 0) is 7.05 Å². The van der Waals surface area contributed by atoms with E-state index < -0.39 is 0 Å². The molecule has 0 atom stereocenters. The molecular formula is C8H7ClN4. The first kappa shape index (κ1) is 8.19. The Morgan fingerprint density at radius 3 is 2.62 bits per heavy atom. The highest BCUT2D eigenvalue weighted by Crippen LogP contribution is 2.13. The van der Waals surface area contributed by atoms with Gasteiger partial charge in [-0.2, -0.15) is 5.10 Å². The van der Waals surface area contributed by atoms with E-state index in [-0.39, 0.29) is 0 Å². The predicted octanol–water partition coefficient (Wildman–Crippen LogP) is 1.53. The molecule has 0 bridgehead atoms. The molecule has 66 valence electrons. The average molecular weight is 195 g/mol. The number of aryl methyl sites for hydroxylation is 1. The first-order valence-electron chi connectivity index (χ1n) is 3.73. The number of aromatic nitrogens is 4. The highest BCUT2D eigenvalue weighted by molar-refractivity contribution is 6.29. The lowest BCUT2D eigenvalue weighted by Crippen LogP contribution is -1.90. The van der Waals surface area contributed by atoms with E-state index in [9.17, 15) is 0 Å². The fourth-order valence-electron chi connectivity index (χ4n) is 0.996. The molecule has 0 spiro atoms. The summed E-state index contributed by atoms with van der Waals surface area (Å²) >= 11 is 5.61. The monoisotopic (exact) mass is 194 g/mol. The van der Waals surface area contributed by atoms with Crippen molar-refractivity contribution in [1.82, 2.24) is 19.7 Å². The Labute approximate surface area is 80.2 Å². The second-order valence-corrected chi connectivity index (χ2v) is 2.99. The van der Waals surface area contributed by atoms with Gasteiger partial charge in [-0.3, -0.25) is 4.68 Å². The van der Waals surface area contributed by atoms with E-state index in [0.717, 1.165) is 11.4 Å². The van der Waals surface area contributed by atoms with Crippen LogP contribution in [0.4, 0.5) is 0 Å². The van der Waals surface area contributed by atoms with Crippen molar-refractivity contribution in [3.63, 3.8) is 0 Å². The van der Waals surface area contributed by atoms with Crippen LogP contribution in [0.15, 0.2) is 24.7 Å². The van der Waals surface area contributed by atoms with E-state index >= 15 is 0 Å². The molecule has 13 heavy (non-hydrogen) atoms. The topological polar surface area (TPSA) is 43.6 Å². The summed E-state index contributed by atoms with van der Waals surface area (Å²) in [5.74, 6) is 0. The highest BCUT2D eigenvalue weighted by atomic mass is 35.5.